The lowest BCUT2D eigenvalue weighted by Crippen LogP contribution is -2.13. The van der Waals surface area contributed by atoms with Crippen molar-refractivity contribution in [2.24, 2.45) is 7.05 Å². The number of halogens is 3. The van der Waals surface area contributed by atoms with Crippen molar-refractivity contribution in [2.75, 3.05) is 5.32 Å². The standard InChI is InChI=1S/C20H16F3N5OS/c1-10-7-14(16-11(2)27-28(3)17(16)24-10)18(29)26-19-25-15(9-30-19)12-5-4-6-13(8-12)20(21,22)23/h4-9H,1-3H3,(H,25,26,29). The van der Waals surface area contributed by atoms with Gasteiger partial charge >= 0.3 is 6.18 Å². The van der Waals surface area contributed by atoms with Gasteiger partial charge in [0, 0.05) is 23.7 Å². The number of benzene rings is 1. The highest BCUT2D eigenvalue weighted by Gasteiger charge is 2.30. The van der Waals surface area contributed by atoms with Crippen LogP contribution in [0.15, 0.2) is 35.7 Å². The molecule has 0 aliphatic rings. The van der Waals surface area contributed by atoms with E-state index in [2.05, 4.69) is 20.4 Å². The topological polar surface area (TPSA) is 72.7 Å². The zero-order valence-electron chi connectivity index (χ0n) is 16.2. The molecule has 0 bridgehead atoms. The van der Waals surface area contributed by atoms with Gasteiger partial charge in [-0.15, -0.1) is 11.3 Å². The zero-order valence-corrected chi connectivity index (χ0v) is 17.0. The maximum atomic E-state index is 13.0. The number of pyridine rings is 1. The summed E-state index contributed by atoms with van der Waals surface area (Å²) in [6.45, 7) is 3.58. The fraction of sp³-hybridized carbons (Fsp3) is 0.200. The van der Waals surface area contributed by atoms with Crippen LogP contribution < -0.4 is 5.32 Å². The van der Waals surface area contributed by atoms with Crippen molar-refractivity contribution < 1.29 is 18.0 Å². The van der Waals surface area contributed by atoms with Crippen molar-refractivity contribution in [3.8, 4) is 11.3 Å². The number of anilines is 1. The molecular formula is C20H16F3N5OS. The Labute approximate surface area is 173 Å². The van der Waals surface area contributed by atoms with E-state index in [4.69, 9.17) is 0 Å². The number of carbonyl (C=O) groups excluding carboxylic acids is 1. The van der Waals surface area contributed by atoms with Gasteiger partial charge in [-0.3, -0.25) is 14.8 Å². The number of hydrogen-bond acceptors (Lipinski definition) is 5. The van der Waals surface area contributed by atoms with Crippen LogP contribution in [0.5, 0.6) is 0 Å². The molecule has 0 aliphatic carbocycles. The van der Waals surface area contributed by atoms with Gasteiger partial charge in [0.25, 0.3) is 5.91 Å². The van der Waals surface area contributed by atoms with Gasteiger partial charge in [-0.1, -0.05) is 12.1 Å². The molecule has 1 aromatic carbocycles. The first-order valence-corrected chi connectivity index (χ1v) is 9.77. The quantitative estimate of drug-likeness (QED) is 0.497. The summed E-state index contributed by atoms with van der Waals surface area (Å²) in [5, 5.41) is 9.59. The zero-order chi connectivity index (χ0) is 21.6. The van der Waals surface area contributed by atoms with E-state index in [-0.39, 0.29) is 11.0 Å². The second kappa shape index (κ2) is 7.21. The van der Waals surface area contributed by atoms with Crippen LogP contribution >= 0.6 is 11.3 Å². The molecule has 1 N–H and O–H groups in total. The van der Waals surface area contributed by atoms with Crippen molar-refractivity contribution >= 4 is 33.4 Å². The largest absolute Gasteiger partial charge is 0.416 e. The van der Waals surface area contributed by atoms with Gasteiger partial charge in [-0.2, -0.15) is 18.3 Å². The average molecular weight is 431 g/mol. The maximum absolute atomic E-state index is 13.0. The molecular weight excluding hydrogens is 415 g/mol. The Balaban J connectivity index is 1.64. The van der Waals surface area contributed by atoms with Crippen LogP contribution in [-0.4, -0.2) is 25.7 Å². The molecule has 1 amide bonds. The fourth-order valence-corrected chi connectivity index (χ4v) is 3.95. The maximum Gasteiger partial charge on any atom is 0.416 e. The first-order chi connectivity index (χ1) is 14.1. The van der Waals surface area contributed by atoms with Crippen molar-refractivity contribution in [1.82, 2.24) is 19.7 Å². The molecule has 0 fully saturated rings. The smallest absolute Gasteiger partial charge is 0.298 e. The van der Waals surface area contributed by atoms with E-state index >= 15 is 0 Å². The minimum atomic E-state index is -4.44. The molecule has 10 heteroatoms. The van der Waals surface area contributed by atoms with E-state index in [1.165, 1.54) is 6.07 Å². The molecule has 154 valence electrons. The first kappa shape index (κ1) is 20.0. The minimum absolute atomic E-state index is 0.288. The third kappa shape index (κ3) is 3.65. The predicted octanol–water partition coefficient (Wildman–Crippen LogP) is 4.98. The van der Waals surface area contributed by atoms with Crippen LogP contribution in [0, 0.1) is 13.8 Å². The highest BCUT2D eigenvalue weighted by Crippen LogP contribution is 2.33. The number of thiazole rings is 1. The van der Waals surface area contributed by atoms with E-state index < -0.39 is 11.7 Å². The summed E-state index contributed by atoms with van der Waals surface area (Å²) < 4.78 is 40.5. The summed E-state index contributed by atoms with van der Waals surface area (Å²) >= 11 is 1.14. The van der Waals surface area contributed by atoms with Crippen molar-refractivity contribution in [1.29, 1.82) is 0 Å². The number of hydrogen-bond donors (Lipinski definition) is 1. The van der Waals surface area contributed by atoms with Crippen molar-refractivity contribution in [3.05, 3.63) is 58.2 Å². The van der Waals surface area contributed by atoms with Gasteiger partial charge < -0.3 is 0 Å². The van der Waals surface area contributed by atoms with Crippen LogP contribution in [0.2, 0.25) is 0 Å². The van der Waals surface area contributed by atoms with Crippen LogP contribution in [0.1, 0.15) is 27.3 Å². The Bertz CT molecular complexity index is 1280. The molecule has 4 aromatic rings. The lowest BCUT2D eigenvalue weighted by atomic mass is 10.1. The third-order valence-corrected chi connectivity index (χ3v) is 5.31. The summed E-state index contributed by atoms with van der Waals surface area (Å²) in [5.41, 5.74) is 2.29. The van der Waals surface area contributed by atoms with Gasteiger partial charge in [-0.05, 0) is 32.0 Å². The third-order valence-electron chi connectivity index (χ3n) is 4.55. The minimum Gasteiger partial charge on any atom is -0.298 e. The molecule has 6 nitrogen and oxygen atoms in total. The van der Waals surface area contributed by atoms with E-state index in [0.29, 0.717) is 39.2 Å². The Kier molecular flexibility index (Phi) is 4.81. The summed E-state index contributed by atoms with van der Waals surface area (Å²) in [4.78, 5) is 21.6. The Hall–Kier alpha value is -3.27. The van der Waals surface area contributed by atoms with Gasteiger partial charge in [0.05, 0.1) is 27.9 Å². The Morgan fingerprint density at radius 1 is 1.17 bits per heavy atom. The molecule has 3 heterocycles. The SMILES string of the molecule is Cc1cc(C(=O)Nc2nc(-c3cccc(C(F)(F)F)c3)cs2)c2c(C)nn(C)c2n1. The fourth-order valence-electron chi connectivity index (χ4n) is 3.23. The lowest BCUT2D eigenvalue weighted by Gasteiger charge is -2.07. The summed E-state index contributed by atoms with van der Waals surface area (Å²) in [5.74, 6) is -0.383. The van der Waals surface area contributed by atoms with Gasteiger partial charge in [-0.25, -0.2) is 9.97 Å². The molecule has 3 aromatic heterocycles. The highest BCUT2D eigenvalue weighted by atomic mass is 32.1. The number of aryl methyl sites for hydroxylation is 3. The lowest BCUT2D eigenvalue weighted by molar-refractivity contribution is -0.137. The first-order valence-electron chi connectivity index (χ1n) is 8.89. The number of alkyl halides is 3. The van der Waals surface area contributed by atoms with E-state index in [9.17, 15) is 18.0 Å². The summed E-state index contributed by atoms with van der Waals surface area (Å²) in [6.07, 6.45) is -4.44. The number of rotatable bonds is 3. The second-order valence-electron chi connectivity index (χ2n) is 6.79. The molecule has 0 saturated carbocycles. The van der Waals surface area contributed by atoms with Crippen LogP contribution in [0.4, 0.5) is 18.3 Å². The Morgan fingerprint density at radius 2 is 1.93 bits per heavy atom. The highest BCUT2D eigenvalue weighted by molar-refractivity contribution is 7.14. The predicted molar refractivity (Wildman–Crippen MR) is 108 cm³/mol. The van der Waals surface area contributed by atoms with Gasteiger partial charge in [0.1, 0.15) is 0 Å². The summed E-state index contributed by atoms with van der Waals surface area (Å²) in [6, 6.07) is 6.59. The van der Waals surface area contributed by atoms with Crippen molar-refractivity contribution in [2.45, 2.75) is 20.0 Å². The second-order valence-corrected chi connectivity index (χ2v) is 7.65. The van der Waals surface area contributed by atoms with E-state index in [1.54, 1.807) is 43.1 Å². The summed E-state index contributed by atoms with van der Waals surface area (Å²) in [7, 11) is 1.76. The van der Waals surface area contributed by atoms with E-state index in [1.807, 2.05) is 0 Å². The number of amides is 1. The molecule has 4 rings (SSSR count). The number of aromatic nitrogens is 4. The van der Waals surface area contributed by atoms with Crippen LogP contribution in [-0.2, 0) is 13.2 Å². The average Bonchev–Trinajstić information content (AvgIpc) is 3.25. The molecule has 0 aliphatic heterocycles. The monoisotopic (exact) mass is 431 g/mol. The molecule has 0 radical (unpaired) electrons. The number of carbonyl (C=O) groups is 1. The molecule has 0 atom stereocenters. The van der Waals surface area contributed by atoms with Crippen LogP contribution in [0.3, 0.4) is 0 Å². The molecule has 0 saturated heterocycles. The van der Waals surface area contributed by atoms with Gasteiger partial charge in [0.2, 0.25) is 0 Å². The molecule has 0 unspecified atom stereocenters. The Morgan fingerprint density at radius 3 is 2.67 bits per heavy atom. The molecule has 30 heavy (non-hydrogen) atoms. The number of nitrogens with one attached hydrogen (secondary N) is 1. The number of nitrogens with zero attached hydrogens (tertiary/aromatic N) is 4. The van der Waals surface area contributed by atoms with Crippen molar-refractivity contribution in [3.63, 3.8) is 0 Å². The molecule has 0 spiro atoms. The normalized spacial score (nSPS) is 11.8. The van der Waals surface area contributed by atoms with Gasteiger partial charge in [0.15, 0.2) is 10.8 Å². The van der Waals surface area contributed by atoms with E-state index in [0.717, 1.165) is 23.5 Å². The van der Waals surface area contributed by atoms with Crippen LogP contribution in [0.25, 0.3) is 22.3 Å². The number of fused-ring (bicyclic) bond motifs is 1.